The lowest BCUT2D eigenvalue weighted by Crippen LogP contribution is -2.44. The summed E-state index contributed by atoms with van der Waals surface area (Å²) in [6, 6.07) is 6.62. The van der Waals surface area contributed by atoms with Crippen LogP contribution >= 0.6 is 0 Å². The van der Waals surface area contributed by atoms with Crippen LogP contribution in [-0.2, 0) is 16.0 Å². The third-order valence-corrected chi connectivity index (χ3v) is 3.06. The van der Waals surface area contributed by atoms with Crippen molar-refractivity contribution in [2.24, 2.45) is 5.92 Å². The lowest BCUT2D eigenvalue weighted by atomic mass is 10.0. The summed E-state index contributed by atoms with van der Waals surface area (Å²) >= 11 is 0. The first-order valence-electron chi connectivity index (χ1n) is 6.59. The zero-order chi connectivity index (χ0) is 15.1. The fourth-order valence-corrected chi connectivity index (χ4v) is 1.92. The number of carboxylic acid groups (broad SMARTS) is 1. The minimum Gasteiger partial charge on any atom is -0.496 e. The molecule has 2 N–H and O–H groups in total. The topological polar surface area (TPSA) is 75.6 Å². The molecule has 1 amide bonds. The van der Waals surface area contributed by atoms with E-state index in [1.54, 1.807) is 21.0 Å². The Bertz CT molecular complexity index is 471. The van der Waals surface area contributed by atoms with Gasteiger partial charge in [-0.1, -0.05) is 32.0 Å². The number of carboxylic acids is 1. The molecule has 20 heavy (non-hydrogen) atoms. The summed E-state index contributed by atoms with van der Waals surface area (Å²) in [6.45, 7) is 3.53. The minimum absolute atomic E-state index is 0.150. The molecular weight excluding hydrogens is 258 g/mol. The number of hydrogen-bond donors (Lipinski definition) is 2. The number of aliphatic carboxylic acids is 1. The van der Waals surface area contributed by atoms with Crippen LogP contribution in [0.15, 0.2) is 24.3 Å². The number of ether oxygens (including phenoxy) is 1. The van der Waals surface area contributed by atoms with Crippen LogP contribution in [0.25, 0.3) is 0 Å². The Morgan fingerprint density at radius 1 is 1.30 bits per heavy atom. The van der Waals surface area contributed by atoms with E-state index in [0.717, 1.165) is 11.3 Å². The second-order valence-electron chi connectivity index (χ2n) is 4.94. The molecule has 0 saturated carbocycles. The van der Waals surface area contributed by atoms with Gasteiger partial charge in [0.1, 0.15) is 11.8 Å². The molecule has 1 atom stereocenters. The standard InChI is InChI=1S/C15H21NO4/c1-10(2)14(15(18)19)16-13(17)9-8-11-6-4-5-7-12(11)20-3/h4-7,10,14H,8-9H2,1-3H3,(H,16,17)(H,18,19)/t14-/m1/s1. The Morgan fingerprint density at radius 3 is 2.50 bits per heavy atom. The average molecular weight is 279 g/mol. The molecule has 0 bridgehead atoms. The molecule has 0 aliphatic rings. The van der Waals surface area contributed by atoms with E-state index < -0.39 is 12.0 Å². The largest absolute Gasteiger partial charge is 0.496 e. The van der Waals surface area contributed by atoms with E-state index in [0.29, 0.717) is 6.42 Å². The molecule has 0 aliphatic heterocycles. The van der Waals surface area contributed by atoms with E-state index in [4.69, 9.17) is 9.84 Å². The average Bonchev–Trinajstić information content (AvgIpc) is 2.42. The number of hydrogen-bond acceptors (Lipinski definition) is 3. The number of para-hydroxylation sites is 1. The maximum absolute atomic E-state index is 11.8. The predicted molar refractivity (Wildman–Crippen MR) is 75.7 cm³/mol. The fraction of sp³-hybridized carbons (Fsp3) is 0.467. The van der Waals surface area contributed by atoms with Crippen molar-refractivity contribution < 1.29 is 19.4 Å². The third-order valence-electron chi connectivity index (χ3n) is 3.06. The molecule has 5 nitrogen and oxygen atoms in total. The fourth-order valence-electron chi connectivity index (χ4n) is 1.92. The quantitative estimate of drug-likeness (QED) is 0.798. The number of carbonyl (C=O) groups is 2. The van der Waals surface area contributed by atoms with Crippen molar-refractivity contribution >= 4 is 11.9 Å². The van der Waals surface area contributed by atoms with Gasteiger partial charge in [-0.2, -0.15) is 0 Å². The summed E-state index contributed by atoms with van der Waals surface area (Å²) < 4.78 is 5.21. The van der Waals surface area contributed by atoms with Crippen LogP contribution in [0.2, 0.25) is 0 Å². The number of methoxy groups -OCH3 is 1. The van der Waals surface area contributed by atoms with E-state index in [9.17, 15) is 9.59 Å². The Hall–Kier alpha value is -2.04. The molecule has 0 saturated heterocycles. The Balaban J connectivity index is 2.57. The Labute approximate surface area is 118 Å². The first kappa shape index (κ1) is 16.0. The van der Waals surface area contributed by atoms with Gasteiger partial charge in [0.05, 0.1) is 7.11 Å². The van der Waals surface area contributed by atoms with Gasteiger partial charge in [0, 0.05) is 6.42 Å². The van der Waals surface area contributed by atoms with E-state index >= 15 is 0 Å². The number of nitrogens with one attached hydrogen (secondary N) is 1. The van der Waals surface area contributed by atoms with Gasteiger partial charge in [0.25, 0.3) is 0 Å². The SMILES string of the molecule is COc1ccccc1CCC(=O)N[C@@H](C(=O)O)C(C)C. The van der Waals surface area contributed by atoms with Crippen LogP contribution in [0, 0.1) is 5.92 Å². The lowest BCUT2D eigenvalue weighted by molar-refractivity contribution is -0.143. The van der Waals surface area contributed by atoms with Gasteiger partial charge in [0.2, 0.25) is 5.91 Å². The Morgan fingerprint density at radius 2 is 1.95 bits per heavy atom. The maximum Gasteiger partial charge on any atom is 0.326 e. The van der Waals surface area contributed by atoms with Crippen molar-refractivity contribution in [3.63, 3.8) is 0 Å². The zero-order valence-electron chi connectivity index (χ0n) is 12.1. The monoisotopic (exact) mass is 279 g/mol. The molecule has 5 heteroatoms. The van der Waals surface area contributed by atoms with E-state index in [1.807, 2.05) is 24.3 Å². The first-order valence-corrected chi connectivity index (χ1v) is 6.59. The lowest BCUT2D eigenvalue weighted by Gasteiger charge is -2.18. The van der Waals surface area contributed by atoms with E-state index in [2.05, 4.69) is 5.32 Å². The highest BCUT2D eigenvalue weighted by atomic mass is 16.5. The summed E-state index contributed by atoms with van der Waals surface area (Å²) in [6.07, 6.45) is 0.747. The van der Waals surface area contributed by atoms with Crippen molar-refractivity contribution in [2.45, 2.75) is 32.7 Å². The zero-order valence-corrected chi connectivity index (χ0v) is 12.1. The van der Waals surface area contributed by atoms with Crippen LogP contribution in [-0.4, -0.2) is 30.1 Å². The van der Waals surface area contributed by atoms with Gasteiger partial charge in [-0.3, -0.25) is 4.79 Å². The molecule has 0 aromatic heterocycles. The third kappa shape index (κ3) is 4.57. The molecular formula is C15H21NO4. The van der Waals surface area contributed by atoms with Crippen LogP contribution in [0.5, 0.6) is 5.75 Å². The number of benzene rings is 1. The normalized spacial score (nSPS) is 12.0. The van der Waals surface area contributed by atoms with Gasteiger partial charge >= 0.3 is 5.97 Å². The maximum atomic E-state index is 11.8. The number of aryl methyl sites for hydroxylation is 1. The summed E-state index contributed by atoms with van der Waals surface area (Å²) in [5, 5.41) is 11.6. The van der Waals surface area contributed by atoms with Crippen molar-refractivity contribution in [1.82, 2.24) is 5.32 Å². The van der Waals surface area contributed by atoms with Gasteiger partial charge < -0.3 is 15.2 Å². The van der Waals surface area contributed by atoms with Crippen LogP contribution < -0.4 is 10.1 Å². The van der Waals surface area contributed by atoms with Crippen LogP contribution in [0.3, 0.4) is 0 Å². The molecule has 1 aromatic rings. The van der Waals surface area contributed by atoms with E-state index in [-0.39, 0.29) is 18.2 Å². The van der Waals surface area contributed by atoms with Crippen LogP contribution in [0.4, 0.5) is 0 Å². The summed E-state index contributed by atoms with van der Waals surface area (Å²) in [5.74, 6) is -0.690. The second kappa shape index (κ2) is 7.53. The first-order chi connectivity index (χ1) is 9.45. The molecule has 0 unspecified atom stereocenters. The highest BCUT2D eigenvalue weighted by Crippen LogP contribution is 2.18. The molecule has 110 valence electrons. The highest BCUT2D eigenvalue weighted by Gasteiger charge is 2.23. The smallest absolute Gasteiger partial charge is 0.326 e. The second-order valence-corrected chi connectivity index (χ2v) is 4.94. The molecule has 0 aliphatic carbocycles. The summed E-state index contributed by atoms with van der Waals surface area (Å²) in [7, 11) is 1.58. The van der Waals surface area contributed by atoms with E-state index in [1.165, 1.54) is 0 Å². The number of rotatable bonds is 7. The molecule has 0 heterocycles. The molecule has 1 aromatic carbocycles. The molecule has 1 rings (SSSR count). The Kier molecular flexibility index (Phi) is 6.03. The molecule has 0 spiro atoms. The number of amides is 1. The van der Waals surface area contributed by atoms with Crippen molar-refractivity contribution in [2.75, 3.05) is 7.11 Å². The van der Waals surface area contributed by atoms with Gasteiger partial charge in [-0.25, -0.2) is 4.79 Å². The van der Waals surface area contributed by atoms with Gasteiger partial charge in [-0.05, 0) is 24.0 Å². The van der Waals surface area contributed by atoms with Crippen molar-refractivity contribution in [1.29, 1.82) is 0 Å². The van der Waals surface area contributed by atoms with Gasteiger partial charge in [-0.15, -0.1) is 0 Å². The summed E-state index contributed by atoms with van der Waals surface area (Å²) in [5.41, 5.74) is 0.932. The van der Waals surface area contributed by atoms with Gasteiger partial charge in [0.15, 0.2) is 0 Å². The highest BCUT2D eigenvalue weighted by molar-refractivity contribution is 5.83. The number of carbonyl (C=O) groups excluding carboxylic acids is 1. The minimum atomic E-state index is -1.01. The van der Waals surface area contributed by atoms with Crippen LogP contribution in [0.1, 0.15) is 25.8 Å². The molecule has 0 radical (unpaired) electrons. The molecule has 0 fully saturated rings. The predicted octanol–water partition coefficient (Wildman–Crippen LogP) is 1.85. The summed E-state index contributed by atoms with van der Waals surface area (Å²) in [4.78, 5) is 22.8. The van der Waals surface area contributed by atoms with Crippen molar-refractivity contribution in [3.8, 4) is 5.75 Å². The van der Waals surface area contributed by atoms with Crippen molar-refractivity contribution in [3.05, 3.63) is 29.8 Å².